The van der Waals surface area contributed by atoms with Gasteiger partial charge in [-0.05, 0) is 32.1 Å². The highest BCUT2D eigenvalue weighted by Crippen LogP contribution is 2.45. The lowest BCUT2D eigenvalue weighted by molar-refractivity contribution is 0.0107. The van der Waals surface area contributed by atoms with E-state index in [1.807, 2.05) is 0 Å². The summed E-state index contributed by atoms with van der Waals surface area (Å²) in [5.41, 5.74) is 0.352. The van der Waals surface area contributed by atoms with Crippen molar-refractivity contribution in [3.05, 3.63) is 0 Å². The van der Waals surface area contributed by atoms with E-state index in [1.54, 1.807) is 0 Å². The number of hydrogen-bond acceptors (Lipinski definition) is 1. The largest absolute Gasteiger partial charge is 0.372 e. The molecule has 2 fully saturated rings. The smallest absolute Gasteiger partial charge is 0.0685 e. The zero-order valence-corrected chi connectivity index (χ0v) is 6.02. The Hall–Kier alpha value is -0.0400. The molecule has 0 radical (unpaired) electrons. The highest BCUT2D eigenvalue weighted by Gasteiger charge is 2.44. The Bertz CT molecular complexity index is 112. The second-order valence-electron chi connectivity index (χ2n) is 3.35. The van der Waals surface area contributed by atoms with Crippen LogP contribution in [0.25, 0.3) is 0 Å². The molecule has 0 saturated carbocycles. The van der Waals surface area contributed by atoms with Crippen molar-refractivity contribution in [2.75, 3.05) is 0 Å². The van der Waals surface area contributed by atoms with E-state index >= 15 is 0 Å². The van der Waals surface area contributed by atoms with Crippen molar-refractivity contribution < 1.29 is 4.74 Å². The molecule has 1 heteroatoms. The van der Waals surface area contributed by atoms with Crippen molar-refractivity contribution in [2.45, 2.75) is 50.7 Å². The summed E-state index contributed by atoms with van der Waals surface area (Å²) in [5, 5.41) is 0. The fraction of sp³-hybridized carbons (Fsp3) is 1.00. The summed E-state index contributed by atoms with van der Waals surface area (Å²) in [5.74, 6) is 0. The zero-order valence-electron chi connectivity index (χ0n) is 6.02. The van der Waals surface area contributed by atoms with Gasteiger partial charge in [0.25, 0.3) is 0 Å². The lowest BCUT2D eigenvalue weighted by Gasteiger charge is -2.21. The van der Waals surface area contributed by atoms with E-state index in [4.69, 9.17) is 4.74 Å². The summed E-state index contributed by atoms with van der Waals surface area (Å²) in [6.07, 6.45) is 7.18. The average molecular weight is 126 g/mol. The van der Waals surface area contributed by atoms with Crippen molar-refractivity contribution in [1.82, 2.24) is 0 Å². The molecular weight excluding hydrogens is 112 g/mol. The van der Waals surface area contributed by atoms with Gasteiger partial charge in [-0.1, -0.05) is 6.92 Å². The molecule has 9 heavy (non-hydrogen) atoms. The lowest BCUT2D eigenvalue weighted by Crippen LogP contribution is -2.22. The summed E-state index contributed by atoms with van der Waals surface area (Å²) in [6.45, 7) is 2.24. The van der Waals surface area contributed by atoms with Crippen molar-refractivity contribution in [2.24, 2.45) is 0 Å². The Morgan fingerprint density at radius 3 is 2.33 bits per heavy atom. The van der Waals surface area contributed by atoms with Gasteiger partial charge in [0.15, 0.2) is 0 Å². The molecule has 2 heterocycles. The Morgan fingerprint density at radius 2 is 2.11 bits per heavy atom. The quantitative estimate of drug-likeness (QED) is 0.523. The summed E-state index contributed by atoms with van der Waals surface area (Å²) in [7, 11) is 0. The molecule has 2 saturated heterocycles. The number of fused-ring (bicyclic) bond motifs is 2. The standard InChI is InChI=1S/C8H14O/c1-2-8-5-3-7(9-8)4-6-8/h7H,2-6H2,1H3. The summed E-state index contributed by atoms with van der Waals surface area (Å²) < 4.78 is 5.81. The molecule has 0 aliphatic carbocycles. The van der Waals surface area contributed by atoms with Gasteiger partial charge in [-0.25, -0.2) is 0 Å². The second-order valence-corrected chi connectivity index (χ2v) is 3.35. The summed E-state index contributed by atoms with van der Waals surface area (Å²) in [4.78, 5) is 0. The first kappa shape index (κ1) is 5.72. The highest BCUT2D eigenvalue weighted by atomic mass is 16.5. The Balaban J connectivity index is 2.13. The average Bonchev–Trinajstić information content (AvgIpc) is 2.46. The number of hydrogen-bond donors (Lipinski definition) is 0. The third-order valence-corrected chi connectivity index (χ3v) is 2.90. The first-order chi connectivity index (χ1) is 4.35. The van der Waals surface area contributed by atoms with Gasteiger partial charge in [-0.3, -0.25) is 0 Å². The van der Waals surface area contributed by atoms with E-state index in [0.717, 1.165) is 0 Å². The summed E-state index contributed by atoms with van der Waals surface area (Å²) >= 11 is 0. The number of rotatable bonds is 1. The van der Waals surface area contributed by atoms with Crippen LogP contribution in [0.1, 0.15) is 39.0 Å². The van der Waals surface area contributed by atoms with Crippen LogP contribution in [-0.2, 0) is 4.74 Å². The van der Waals surface area contributed by atoms with E-state index < -0.39 is 0 Å². The first-order valence-corrected chi connectivity index (χ1v) is 4.02. The lowest BCUT2D eigenvalue weighted by atomic mass is 9.87. The predicted molar refractivity (Wildman–Crippen MR) is 36.4 cm³/mol. The van der Waals surface area contributed by atoms with Crippen LogP contribution in [0.4, 0.5) is 0 Å². The molecule has 0 atom stereocenters. The van der Waals surface area contributed by atoms with E-state index in [-0.39, 0.29) is 0 Å². The fourth-order valence-electron chi connectivity index (χ4n) is 2.14. The van der Waals surface area contributed by atoms with Crippen molar-refractivity contribution in [3.8, 4) is 0 Å². The van der Waals surface area contributed by atoms with Crippen LogP contribution < -0.4 is 0 Å². The van der Waals surface area contributed by atoms with Crippen LogP contribution in [0.2, 0.25) is 0 Å². The first-order valence-electron chi connectivity index (χ1n) is 4.02. The molecule has 0 aromatic heterocycles. The maximum atomic E-state index is 5.81. The SMILES string of the molecule is CCC12CCC(CC1)O2. The molecular formula is C8H14O. The van der Waals surface area contributed by atoms with Crippen LogP contribution in [0.5, 0.6) is 0 Å². The third kappa shape index (κ3) is 0.710. The zero-order chi connectivity index (χ0) is 6.32. The summed E-state index contributed by atoms with van der Waals surface area (Å²) in [6, 6.07) is 0. The highest BCUT2D eigenvalue weighted by molar-refractivity contribution is 4.94. The van der Waals surface area contributed by atoms with E-state index in [9.17, 15) is 0 Å². The monoisotopic (exact) mass is 126 g/mol. The van der Waals surface area contributed by atoms with Crippen LogP contribution >= 0.6 is 0 Å². The van der Waals surface area contributed by atoms with Gasteiger partial charge in [0, 0.05) is 0 Å². The maximum absolute atomic E-state index is 5.81. The predicted octanol–water partition coefficient (Wildman–Crippen LogP) is 2.11. The van der Waals surface area contributed by atoms with Gasteiger partial charge in [0.1, 0.15) is 0 Å². The topological polar surface area (TPSA) is 9.23 Å². The molecule has 0 aromatic carbocycles. The van der Waals surface area contributed by atoms with Crippen molar-refractivity contribution in [1.29, 1.82) is 0 Å². The molecule has 0 amide bonds. The normalized spacial score (nSPS) is 48.3. The van der Waals surface area contributed by atoms with Crippen LogP contribution in [0.15, 0.2) is 0 Å². The van der Waals surface area contributed by atoms with Crippen LogP contribution in [-0.4, -0.2) is 11.7 Å². The van der Waals surface area contributed by atoms with Gasteiger partial charge in [-0.15, -0.1) is 0 Å². The van der Waals surface area contributed by atoms with Gasteiger partial charge >= 0.3 is 0 Å². The minimum Gasteiger partial charge on any atom is -0.372 e. The minimum absolute atomic E-state index is 0.352. The van der Waals surface area contributed by atoms with E-state index in [0.29, 0.717) is 11.7 Å². The Labute approximate surface area is 56.4 Å². The molecule has 0 unspecified atom stereocenters. The van der Waals surface area contributed by atoms with Gasteiger partial charge < -0.3 is 4.74 Å². The van der Waals surface area contributed by atoms with Gasteiger partial charge in [0.2, 0.25) is 0 Å². The second kappa shape index (κ2) is 1.72. The molecule has 0 aromatic rings. The maximum Gasteiger partial charge on any atom is 0.0685 e. The molecule has 2 bridgehead atoms. The fourth-order valence-corrected chi connectivity index (χ4v) is 2.14. The van der Waals surface area contributed by atoms with E-state index in [1.165, 1.54) is 32.1 Å². The number of ether oxygens (including phenoxy) is 1. The third-order valence-electron chi connectivity index (χ3n) is 2.90. The molecule has 0 spiro atoms. The van der Waals surface area contributed by atoms with Gasteiger partial charge in [-0.2, -0.15) is 0 Å². The van der Waals surface area contributed by atoms with E-state index in [2.05, 4.69) is 6.92 Å². The van der Waals surface area contributed by atoms with Crippen molar-refractivity contribution in [3.63, 3.8) is 0 Å². The molecule has 0 N–H and O–H groups in total. The Morgan fingerprint density at radius 1 is 1.44 bits per heavy atom. The van der Waals surface area contributed by atoms with Gasteiger partial charge in [0.05, 0.1) is 11.7 Å². The molecule has 52 valence electrons. The van der Waals surface area contributed by atoms with Crippen LogP contribution in [0, 0.1) is 0 Å². The molecule has 2 aliphatic heterocycles. The Kier molecular flexibility index (Phi) is 1.10. The molecule has 1 nitrogen and oxygen atoms in total. The minimum atomic E-state index is 0.352. The molecule has 2 rings (SSSR count). The van der Waals surface area contributed by atoms with Crippen LogP contribution in [0.3, 0.4) is 0 Å². The molecule has 2 aliphatic rings. The van der Waals surface area contributed by atoms with Crippen molar-refractivity contribution >= 4 is 0 Å².